The Kier molecular flexibility index (Phi) is 4.45. The minimum Gasteiger partial charge on any atom is -0.399 e. The summed E-state index contributed by atoms with van der Waals surface area (Å²) in [5, 5.41) is 0. The molecule has 2 nitrogen and oxygen atoms in total. The van der Waals surface area contributed by atoms with Gasteiger partial charge in [-0.05, 0) is 55.7 Å². The van der Waals surface area contributed by atoms with Crippen molar-refractivity contribution in [3.63, 3.8) is 0 Å². The minimum absolute atomic E-state index is 0.829. The van der Waals surface area contributed by atoms with E-state index in [1.54, 1.807) is 0 Å². The van der Waals surface area contributed by atoms with Gasteiger partial charge in [0.05, 0.1) is 0 Å². The lowest BCUT2D eigenvalue weighted by molar-refractivity contribution is 0.808. The van der Waals surface area contributed by atoms with Crippen LogP contribution in [0.5, 0.6) is 0 Å². The summed E-state index contributed by atoms with van der Waals surface area (Å²) in [6.45, 7) is 6.39. The molecule has 0 unspecified atom stereocenters. The molecule has 0 heterocycles. The summed E-state index contributed by atoms with van der Waals surface area (Å²) in [5.41, 5.74) is 10.5. The molecular weight excluding hydrogens is 232 g/mol. The second-order valence-corrected chi connectivity index (χ2v) is 4.91. The van der Waals surface area contributed by atoms with Gasteiger partial charge < -0.3 is 10.6 Å². The third kappa shape index (κ3) is 3.75. The normalized spacial score (nSPS) is 10.4. The van der Waals surface area contributed by atoms with Gasteiger partial charge in [-0.3, -0.25) is 0 Å². The predicted molar refractivity (Wildman–Crippen MR) is 83.6 cm³/mol. The number of likely N-dealkylation sites (N-methyl/N-ethyl adjacent to an activating group) is 1. The van der Waals surface area contributed by atoms with Crippen LogP contribution < -0.4 is 10.6 Å². The van der Waals surface area contributed by atoms with E-state index in [-0.39, 0.29) is 0 Å². The Balaban J connectivity index is 2.01. The van der Waals surface area contributed by atoms with Gasteiger partial charge in [0.25, 0.3) is 0 Å². The van der Waals surface area contributed by atoms with Gasteiger partial charge in [0.2, 0.25) is 0 Å². The number of rotatable bonds is 5. The van der Waals surface area contributed by atoms with Crippen LogP contribution in [0.25, 0.3) is 0 Å². The molecule has 0 radical (unpaired) electrons. The lowest BCUT2D eigenvalue weighted by Gasteiger charge is -2.23. The molecule has 0 amide bonds. The van der Waals surface area contributed by atoms with Crippen LogP contribution in [0.3, 0.4) is 0 Å². The number of aryl methyl sites for hydroxylation is 1. The summed E-state index contributed by atoms with van der Waals surface area (Å²) in [6, 6.07) is 16.8. The zero-order valence-electron chi connectivity index (χ0n) is 11.8. The van der Waals surface area contributed by atoms with E-state index in [2.05, 4.69) is 55.1 Å². The van der Waals surface area contributed by atoms with Crippen molar-refractivity contribution < 1.29 is 0 Å². The first-order valence-corrected chi connectivity index (χ1v) is 6.85. The molecule has 2 rings (SSSR count). The Hall–Kier alpha value is -1.96. The summed E-state index contributed by atoms with van der Waals surface area (Å²) in [7, 11) is 0. The van der Waals surface area contributed by atoms with E-state index < -0.39 is 0 Å². The van der Waals surface area contributed by atoms with Crippen LogP contribution in [0.1, 0.15) is 18.1 Å². The largest absolute Gasteiger partial charge is 0.399 e. The van der Waals surface area contributed by atoms with Gasteiger partial charge in [0.1, 0.15) is 0 Å². The van der Waals surface area contributed by atoms with Crippen molar-refractivity contribution in [1.82, 2.24) is 0 Å². The molecule has 0 saturated carbocycles. The van der Waals surface area contributed by atoms with Gasteiger partial charge in [-0.1, -0.05) is 24.3 Å². The monoisotopic (exact) mass is 254 g/mol. The number of nitrogens with zero attached hydrogens (tertiary/aromatic N) is 1. The first-order valence-electron chi connectivity index (χ1n) is 6.85. The molecule has 0 aromatic heterocycles. The number of nitrogens with two attached hydrogens (primary N) is 1. The van der Waals surface area contributed by atoms with Crippen molar-refractivity contribution in [2.75, 3.05) is 23.7 Å². The third-order valence-corrected chi connectivity index (χ3v) is 3.40. The molecule has 0 aliphatic heterocycles. The van der Waals surface area contributed by atoms with E-state index in [4.69, 9.17) is 5.73 Å². The Morgan fingerprint density at radius 3 is 2.42 bits per heavy atom. The highest BCUT2D eigenvalue weighted by molar-refractivity contribution is 5.48. The number of benzene rings is 2. The van der Waals surface area contributed by atoms with Crippen LogP contribution >= 0.6 is 0 Å². The van der Waals surface area contributed by atoms with E-state index >= 15 is 0 Å². The van der Waals surface area contributed by atoms with Crippen LogP contribution in [0.4, 0.5) is 11.4 Å². The molecule has 2 N–H and O–H groups in total. The second-order valence-electron chi connectivity index (χ2n) is 4.91. The standard InChI is InChI=1S/C17H22N2/c1-3-19(17-6-4-5-14(2)13-17)12-11-15-7-9-16(18)10-8-15/h4-10,13H,3,11-12,18H2,1-2H3. The minimum atomic E-state index is 0.829. The maximum atomic E-state index is 5.71. The molecule has 0 fully saturated rings. The molecule has 0 aliphatic carbocycles. The molecule has 0 bridgehead atoms. The molecule has 2 heteroatoms. The Bertz CT molecular complexity index is 517. The fourth-order valence-corrected chi connectivity index (χ4v) is 2.24. The highest BCUT2D eigenvalue weighted by Crippen LogP contribution is 2.16. The fourth-order valence-electron chi connectivity index (χ4n) is 2.24. The van der Waals surface area contributed by atoms with Crippen LogP contribution in [-0.4, -0.2) is 13.1 Å². The predicted octanol–water partition coefficient (Wildman–Crippen LogP) is 3.65. The average molecular weight is 254 g/mol. The van der Waals surface area contributed by atoms with E-state index in [0.717, 1.165) is 25.2 Å². The molecular formula is C17H22N2. The van der Waals surface area contributed by atoms with Crippen molar-refractivity contribution in [2.45, 2.75) is 20.3 Å². The SMILES string of the molecule is CCN(CCc1ccc(N)cc1)c1cccc(C)c1. The van der Waals surface area contributed by atoms with E-state index in [1.807, 2.05) is 12.1 Å². The van der Waals surface area contributed by atoms with Crippen molar-refractivity contribution in [3.05, 3.63) is 59.7 Å². The lowest BCUT2D eigenvalue weighted by atomic mass is 10.1. The van der Waals surface area contributed by atoms with Crippen molar-refractivity contribution in [1.29, 1.82) is 0 Å². The summed E-state index contributed by atoms with van der Waals surface area (Å²) >= 11 is 0. The van der Waals surface area contributed by atoms with E-state index in [9.17, 15) is 0 Å². The van der Waals surface area contributed by atoms with Gasteiger partial charge in [-0.15, -0.1) is 0 Å². The Morgan fingerprint density at radius 1 is 1.05 bits per heavy atom. The number of anilines is 2. The molecule has 0 aliphatic rings. The average Bonchev–Trinajstić information content (AvgIpc) is 2.42. The number of hydrogen-bond acceptors (Lipinski definition) is 2. The number of nitrogen functional groups attached to an aromatic ring is 1. The molecule has 19 heavy (non-hydrogen) atoms. The van der Waals surface area contributed by atoms with Crippen LogP contribution in [0.2, 0.25) is 0 Å². The fraction of sp³-hybridized carbons (Fsp3) is 0.294. The van der Waals surface area contributed by atoms with Gasteiger partial charge in [-0.25, -0.2) is 0 Å². The summed E-state index contributed by atoms with van der Waals surface area (Å²) in [6.07, 6.45) is 1.04. The first kappa shape index (κ1) is 13.5. The second kappa shape index (κ2) is 6.28. The zero-order chi connectivity index (χ0) is 13.7. The third-order valence-electron chi connectivity index (χ3n) is 3.40. The molecule has 100 valence electrons. The quantitative estimate of drug-likeness (QED) is 0.825. The molecule has 0 atom stereocenters. The van der Waals surface area contributed by atoms with Gasteiger partial charge >= 0.3 is 0 Å². The maximum absolute atomic E-state index is 5.71. The van der Waals surface area contributed by atoms with Gasteiger partial charge in [0.15, 0.2) is 0 Å². The zero-order valence-corrected chi connectivity index (χ0v) is 11.8. The van der Waals surface area contributed by atoms with E-state index in [1.165, 1.54) is 16.8 Å². The molecule has 0 saturated heterocycles. The highest BCUT2D eigenvalue weighted by atomic mass is 15.1. The molecule has 0 spiro atoms. The molecule has 2 aromatic rings. The van der Waals surface area contributed by atoms with Crippen molar-refractivity contribution >= 4 is 11.4 Å². The maximum Gasteiger partial charge on any atom is 0.0368 e. The molecule has 2 aromatic carbocycles. The Labute approximate surface area is 115 Å². The highest BCUT2D eigenvalue weighted by Gasteiger charge is 2.04. The van der Waals surface area contributed by atoms with Crippen LogP contribution in [0, 0.1) is 6.92 Å². The lowest BCUT2D eigenvalue weighted by Crippen LogP contribution is -2.25. The summed E-state index contributed by atoms with van der Waals surface area (Å²) in [4.78, 5) is 2.41. The summed E-state index contributed by atoms with van der Waals surface area (Å²) in [5.74, 6) is 0. The topological polar surface area (TPSA) is 29.3 Å². The van der Waals surface area contributed by atoms with Crippen LogP contribution in [-0.2, 0) is 6.42 Å². The van der Waals surface area contributed by atoms with Gasteiger partial charge in [-0.2, -0.15) is 0 Å². The Morgan fingerprint density at radius 2 is 1.79 bits per heavy atom. The van der Waals surface area contributed by atoms with E-state index in [0.29, 0.717) is 0 Å². The van der Waals surface area contributed by atoms with Crippen molar-refractivity contribution in [3.8, 4) is 0 Å². The first-order chi connectivity index (χ1) is 9.19. The smallest absolute Gasteiger partial charge is 0.0368 e. The summed E-state index contributed by atoms with van der Waals surface area (Å²) < 4.78 is 0. The van der Waals surface area contributed by atoms with Crippen molar-refractivity contribution in [2.24, 2.45) is 0 Å². The van der Waals surface area contributed by atoms with Crippen LogP contribution in [0.15, 0.2) is 48.5 Å². The number of hydrogen-bond donors (Lipinski definition) is 1. The van der Waals surface area contributed by atoms with Gasteiger partial charge in [0, 0.05) is 24.5 Å².